The minimum Gasteiger partial charge on any atom is -0.398 e. The van der Waals surface area contributed by atoms with Gasteiger partial charge >= 0.3 is 0 Å². The third kappa shape index (κ3) is 3.63. The van der Waals surface area contributed by atoms with Gasteiger partial charge in [-0.05, 0) is 83.9 Å². The lowest BCUT2D eigenvalue weighted by atomic mass is 9.80. The summed E-state index contributed by atoms with van der Waals surface area (Å²) in [5.41, 5.74) is 20.3. The zero-order chi connectivity index (χ0) is 28.4. The van der Waals surface area contributed by atoms with Crippen LogP contribution in [0.5, 0.6) is 0 Å². The fraction of sp³-hybridized carbons (Fsp3) is 0.0732. The van der Waals surface area contributed by atoms with E-state index < -0.39 is 0 Å². The molecule has 1 heteroatoms. The Balaban J connectivity index is 1.40. The summed E-state index contributed by atoms with van der Waals surface area (Å²) in [6.45, 7) is 4.69. The summed E-state index contributed by atoms with van der Waals surface area (Å²) >= 11 is 0. The zero-order valence-electron chi connectivity index (χ0n) is 23.9. The third-order valence-electron chi connectivity index (χ3n) is 9.23. The number of hydrogen-bond acceptors (Lipinski definition) is 1. The van der Waals surface area contributed by atoms with Crippen LogP contribution in [0.25, 0.3) is 66.1 Å². The van der Waals surface area contributed by atoms with E-state index in [-0.39, 0.29) is 5.41 Å². The Morgan fingerprint density at radius 2 is 1.10 bits per heavy atom. The van der Waals surface area contributed by atoms with Crippen LogP contribution in [0.4, 0.5) is 5.69 Å². The normalized spacial score (nSPS) is 13.3. The highest BCUT2D eigenvalue weighted by atomic mass is 14.6. The van der Waals surface area contributed by atoms with Gasteiger partial charge in [-0.3, -0.25) is 0 Å². The van der Waals surface area contributed by atoms with Crippen LogP contribution in [0.15, 0.2) is 140 Å². The van der Waals surface area contributed by atoms with Crippen molar-refractivity contribution < 1.29 is 0 Å². The van der Waals surface area contributed by atoms with Gasteiger partial charge in [0, 0.05) is 16.5 Å². The summed E-state index contributed by atoms with van der Waals surface area (Å²) in [5.74, 6) is 0. The molecule has 7 aromatic rings. The molecule has 0 aromatic heterocycles. The maximum atomic E-state index is 6.92. The number of nitrogen functional groups attached to an aromatic ring is 1. The lowest BCUT2D eigenvalue weighted by Gasteiger charge is -2.23. The van der Waals surface area contributed by atoms with Gasteiger partial charge in [0.1, 0.15) is 0 Å². The Hall–Kier alpha value is -5.14. The minimum absolute atomic E-state index is 0.0737. The molecule has 0 heterocycles. The lowest BCUT2D eigenvalue weighted by Crippen LogP contribution is -2.14. The maximum Gasteiger partial charge on any atom is 0.0406 e. The Bertz CT molecular complexity index is 2150. The fourth-order valence-electron chi connectivity index (χ4n) is 7.11. The summed E-state index contributed by atoms with van der Waals surface area (Å²) in [6, 6.07) is 50.6. The molecule has 0 amide bonds. The van der Waals surface area contributed by atoms with Gasteiger partial charge in [-0.25, -0.2) is 0 Å². The van der Waals surface area contributed by atoms with Crippen molar-refractivity contribution in [1.82, 2.24) is 0 Å². The third-order valence-corrected chi connectivity index (χ3v) is 9.23. The highest BCUT2D eigenvalue weighted by molar-refractivity contribution is 6.20. The second kappa shape index (κ2) is 9.19. The van der Waals surface area contributed by atoms with Gasteiger partial charge in [0.15, 0.2) is 0 Å². The molecular weight excluding hydrogens is 506 g/mol. The molecule has 0 unspecified atom stereocenters. The Kier molecular flexibility index (Phi) is 5.39. The number of hydrogen-bond donors (Lipinski definition) is 1. The van der Waals surface area contributed by atoms with Gasteiger partial charge in [-0.2, -0.15) is 0 Å². The first-order valence-electron chi connectivity index (χ1n) is 14.7. The van der Waals surface area contributed by atoms with E-state index >= 15 is 0 Å². The van der Waals surface area contributed by atoms with E-state index in [2.05, 4.69) is 153 Å². The average molecular weight is 538 g/mol. The molecule has 0 atom stereocenters. The quantitative estimate of drug-likeness (QED) is 0.176. The van der Waals surface area contributed by atoms with Crippen LogP contribution >= 0.6 is 0 Å². The van der Waals surface area contributed by atoms with Gasteiger partial charge in [0.2, 0.25) is 0 Å². The topological polar surface area (TPSA) is 26.0 Å². The molecule has 0 radical (unpaired) electrons. The van der Waals surface area contributed by atoms with Crippen LogP contribution in [0.2, 0.25) is 0 Å². The SMILES string of the molecule is CC1(C)c2ccccc2-c2ccc(-c3c(-c4ccc(-c5ccccc5)cc4)cc(N)c4c3ccc3ccccc34)cc21. The molecule has 0 fully saturated rings. The molecular formula is C41H31N. The summed E-state index contributed by atoms with van der Waals surface area (Å²) in [7, 11) is 0. The van der Waals surface area contributed by atoms with E-state index in [1.54, 1.807) is 0 Å². The van der Waals surface area contributed by atoms with Crippen LogP contribution in [0.3, 0.4) is 0 Å². The van der Waals surface area contributed by atoms with E-state index in [9.17, 15) is 0 Å². The molecule has 8 rings (SSSR count). The number of anilines is 1. The number of fused-ring (bicyclic) bond motifs is 6. The molecule has 1 nitrogen and oxygen atoms in total. The Labute approximate surface area is 246 Å². The summed E-state index contributed by atoms with van der Waals surface area (Å²) < 4.78 is 0. The molecule has 0 bridgehead atoms. The van der Waals surface area contributed by atoms with Crippen molar-refractivity contribution in [3.63, 3.8) is 0 Å². The molecule has 0 saturated heterocycles. The Morgan fingerprint density at radius 1 is 0.452 bits per heavy atom. The van der Waals surface area contributed by atoms with E-state index in [1.807, 2.05) is 0 Å². The average Bonchev–Trinajstić information content (AvgIpc) is 3.27. The van der Waals surface area contributed by atoms with Crippen molar-refractivity contribution in [2.75, 3.05) is 5.73 Å². The zero-order valence-corrected chi connectivity index (χ0v) is 23.9. The predicted molar refractivity (Wildman–Crippen MR) is 180 cm³/mol. The molecule has 2 N–H and O–H groups in total. The molecule has 200 valence electrons. The predicted octanol–water partition coefficient (Wildman–Crippen LogP) is 10.9. The van der Waals surface area contributed by atoms with E-state index in [4.69, 9.17) is 5.73 Å². The fourth-order valence-corrected chi connectivity index (χ4v) is 7.11. The molecule has 0 saturated carbocycles. The Morgan fingerprint density at radius 3 is 1.93 bits per heavy atom. The standard InChI is InChI=1S/C41H31N/c1-41(2)36-15-9-8-14-32(36)33-22-21-30(24-37(33)41)39-34-23-20-28-12-6-7-13-31(28)40(34)38(42)25-35(39)29-18-16-27(17-19-29)26-10-4-3-5-11-26/h3-25H,42H2,1-2H3. The molecule has 0 spiro atoms. The monoisotopic (exact) mass is 537 g/mol. The van der Waals surface area contributed by atoms with Crippen LogP contribution in [0.1, 0.15) is 25.0 Å². The van der Waals surface area contributed by atoms with Crippen molar-refractivity contribution in [3.05, 3.63) is 151 Å². The lowest BCUT2D eigenvalue weighted by molar-refractivity contribution is 0.660. The second-order valence-corrected chi connectivity index (χ2v) is 12.0. The molecule has 0 aliphatic heterocycles. The summed E-state index contributed by atoms with van der Waals surface area (Å²) in [4.78, 5) is 0. The van der Waals surface area contributed by atoms with E-state index in [1.165, 1.54) is 60.7 Å². The number of benzene rings is 7. The first-order chi connectivity index (χ1) is 20.5. The maximum absolute atomic E-state index is 6.92. The van der Waals surface area contributed by atoms with E-state index in [0.29, 0.717) is 0 Å². The number of nitrogens with two attached hydrogens (primary N) is 1. The van der Waals surface area contributed by atoms with Crippen LogP contribution in [-0.4, -0.2) is 0 Å². The van der Waals surface area contributed by atoms with E-state index in [0.717, 1.165) is 22.2 Å². The highest BCUT2D eigenvalue weighted by Crippen LogP contribution is 2.51. The molecule has 1 aliphatic carbocycles. The van der Waals surface area contributed by atoms with Crippen LogP contribution in [-0.2, 0) is 5.41 Å². The number of rotatable bonds is 3. The van der Waals surface area contributed by atoms with Gasteiger partial charge in [0.05, 0.1) is 0 Å². The van der Waals surface area contributed by atoms with Crippen molar-refractivity contribution in [3.8, 4) is 44.5 Å². The van der Waals surface area contributed by atoms with Crippen LogP contribution < -0.4 is 5.73 Å². The van der Waals surface area contributed by atoms with Gasteiger partial charge in [-0.15, -0.1) is 0 Å². The van der Waals surface area contributed by atoms with Crippen LogP contribution in [0, 0.1) is 0 Å². The highest BCUT2D eigenvalue weighted by Gasteiger charge is 2.35. The summed E-state index contributed by atoms with van der Waals surface area (Å²) in [6.07, 6.45) is 0. The van der Waals surface area contributed by atoms with Gasteiger partial charge in [-0.1, -0.05) is 141 Å². The van der Waals surface area contributed by atoms with Crippen molar-refractivity contribution >= 4 is 27.2 Å². The first kappa shape index (κ1) is 24.6. The smallest absolute Gasteiger partial charge is 0.0406 e. The largest absolute Gasteiger partial charge is 0.398 e. The van der Waals surface area contributed by atoms with Crippen molar-refractivity contribution in [1.29, 1.82) is 0 Å². The molecule has 1 aliphatic rings. The summed E-state index contributed by atoms with van der Waals surface area (Å²) in [5, 5.41) is 4.70. The first-order valence-corrected chi connectivity index (χ1v) is 14.7. The van der Waals surface area contributed by atoms with Crippen molar-refractivity contribution in [2.45, 2.75) is 19.3 Å². The van der Waals surface area contributed by atoms with Gasteiger partial charge < -0.3 is 5.73 Å². The minimum atomic E-state index is -0.0737. The van der Waals surface area contributed by atoms with Gasteiger partial charge in [0.25, 0.3) is 0 Å². The molecule has 7 aromatic carbocycles. The van der Waals surface area contributed by atoms with Crippen molar-refractivity contribution in [2.24, 2.45) is 0 Å². The molecule has 42 heavy (non-hydrogen) atoms. The second-order valence-electron chi connectivity index (χ2n) is 12.0.